The zero-order valence-electron chi connectivity index (χ0n) is 10.5. The second-order valence-corrected chi connectivity index (χ2v) is 4.32. The van der Waals surface area contributed by atoms with Gasteiger partial charge < -0.3 is 5.32 Å². The van der Waals surface area contributed by atoms with Crippen molar-refractivity contribution in [1.82, 2.24) is 0 Å². The summed E-state index contributed by atoms with van der Waals surface area (Å²) in [5.41, 5.74) is 1.12. The molecule has 0 spiro atoms. The molecule has 1 nitrogen and oxygen atoms in total. The van der Waals surface area contributed by atoms with E-state index in [1.807, 2.05) is 18.2 Å². The van der Waals surface area contributed by atoms with Crippen LogP contribution in [0.2, 0.25) is 0 Å². The summed E-state index contributed by atoms with van der Waals surface area (Å²) in [6, 6.07) is 11.2. The van der Waals surface area contributed by atoms with Crippen LogP contribution in [-0.4, -0.2) is 6.54 Å². The number of unbranched alkanes of at least 4 members (excludes halogenated alkanes) is 6. The molecule has 0 aromatic heterocycles. The molecule has 1 rings (SSSR count). The van der Waals surface area contributed by atoms with Gasteiger partial charge >= 0.3 is 0 Å². The Morgan fingerprint density at radius 1 is 1.00 bits per heavy atom. The first kappa shape index (κ1) is 13.1. The summed E-state index contributed by atoms with van der Waals surface area (Å²) in [5, 5.41) is 3.39. The topological polar surface area (TPSA) is 12.0 Å². The van der Waals surface area contributed by atoms with E-state index in [0.29, 0.717) is 0 Å². The molecule has 0 aliphatic rings. The molecule has 0 atom stereocenters. The van der Waals surface area contributed by atoms with Gasteiger partial charge in [0, 0.05) is 18.3 Å². The Balaban J connectivity index is 1.89. The van der Waals surface area contributed by atoms with Gasteiger partial charge in [-0.3, -0.25) is 0 Å². The average Bonchev–Trinajstić information content (AvgIpc) is 2.34. The van der Waals surface area contributed by atoms with Crippen molar-refractivity contribution in [2.45, 2.75) is 51.9 Å². The van der Waals surface area contributed by atoms with Crippen molar-refractivity contribution in [2.75, 3.05) is 11.9 Å². The second kappa shape index (κ2) is 9.26. The molecule has 0 heterocycles. The molecular weight excluding hydrogens is 194 g/mol. The van der Waals surface area contributed by atoms with Crippen molar-refractivity contribution in [1.29, 1.82) is 0 Å². The van der Waals surface area contributed by atoms with Crippen LogP contribution in [0.25, 0.3) is 0 Å². The van der Waals surface area contributed by atoms with E-state index in [9.17, 15) is 0 Å². The van der Waals surface area contributed by atoms with Crippen LogP contribution in [0.1, 0.15) is 51.9 Å². The lowest BCUT2D eigenvalue weighted by Crippen LogP contribution is -2.00. The number of anilines is 1. The van der Waals surface area contributed by atoms with Gasteiger partial charge in [-0.05, 0) is 12.5 Å². The Kier molecular flexibility index (Phi) is 7.57. The van der Waals surface area contributed by atoms with Crippen LogP contribution in [0.5, 0.6) is 0 Å². The molecule has 1 heteroatoms. The van der Waals surface area contributed by atoms with E-state index >= 15 is 0 Å². The highest BCUT2D eigenvalue weighted by Gasteiger charge is 1.92. The quantitative estimate of drug-likeness (QED) is 0.595. The Morgan fingerprint density at radius 2 is 1.75 bits per heavy atom. The predicted octanol–water partition coefficient (Wildman–Crippen LogP) is 4.65. The molecule has 1 N–H and O–H groups in total. The third-order valence-corrected chi connectivity index (χ3v) is 2.80. The van der Waals surface area contributed by atoms with E-state index in [1.165, 1.54) is 44.9 Å². The lowest BCUT2D eigenvalue weighted by molar-refractivity contribution is 0.596. The van der Waals surface area contributed by atoms with E-state index < -0.39 is 0 Å². The summed E-state index contributed by atoms with van der Waals surface area (Å²) < 4.78 is 0. The smallest absolute Gasteiger partial charge is 0.0420 e. The van der Waals surface area contributed by atoms with Crippen molar-refractivity contribution >= 4 is 5.69 Å². The van der Waals surface area contributed by atoms with Crippen molar-refractivity contribution in [3.05, 3.63) is 30.3 Å². The van der Waals surface area contributed by atoms with Gasteiger partial charge in [0.1, 0.15) is 0 Å². The van der Waals surface area contributed by atoms with Crippen LogP contribution < -0.4 is 5.32 Å². The SMILES string of the molecule is CCCCCCCCCNc1[c]cccc1. The predicted molar refractivity (Wildman–Crippen MR) is 71.8 cm³/mol. The minimum absolute atomic E-state index is 1.08. The van der Waals surface area contributed by atoms with Crippen molar-refractivity contribution in [2.24, 2.45) is 0 Å². The van der Waals surface area contributed by atoms with Crippen LogP contribution in [0.4, 0.5) is 5.69 Å². The van der Waals surface area contributed by atoms with Crippen LogP contribution in [0, 0.1) is 6.07 Å². The highest BCUT2D eigenvalue weighted by molar-refractivity contribution is 5.40. The van der Waals surface area contributed by atoms with E-state index in [4.69, 9.17) is 0 Å². The van der Waals surface area contributed by atoms with Crippen LogP contribution in [-0.2, 0) is 0 Å². The number of rotatable bonds is 9. The maximum Gasteiger partial charge on any atom is 0.0420 e. The maximum absolute atomic E-state index is 3.39. The highest BCUT2D eigenvalue weighted by atomic mass is 14.9. The Hall–Kier alpha value is -0.980. The van der Waals surface area contributed by atoms with Crippen molar-refractivity contribution < 1.29 is 0 Å². The molecule has 1 radical (unpaired) electrons. The van der Waals surface area contributed by atoms with Crippen LogP contribution >= 0.6 is 0 Å². The summed E-state index contributed by atoms with van der Waals surface area (Å²) in [4.78, 5) is 0. The normalized spacial score (nSPS) is 10.3. The number of para-hydroxylation sites is 1. The van der Waals surface area contributed by atoms with Crippen LogP contribution in [0.3, 0.4) is 0 Å². The molecule has 0 amide bonds. The summed E-state index contributed by atoms with van der Waals surface area (Å²) in [6.07, 6.45) is 9.57. The fraction of sp³-hybridized carbons (Fsp3) is 0.600. The van der Waals surface area contributed by atoms with Gasteiger partial charge in [-0.15, -0.1) is 0 Å². The van der Waals surface area contributed by atoms with Crippen LogP contribution in [0.15, 0.2) is 24.3 Å². The molecule has 1 aromatic rings. The lowest BCUT2D eigenvalue weighted by Gasteiger charge is -2.05. The molecule has 89 valence electrons. The number of benzene rings is 1. The molecule has 0 unspecified atom stereocenters. The maximum atomic E-state index is 3.39. The minimum Gasteiger partial charge on any atom is -0.385 e. The zero-order chi connectivity index (χ0) is 11.5. The van der Waals surface area contributed by atoms with Gasteiger partial charge in [-0.25, -0.2) is 0 Å². The molecule has 0 saturated carbocycles. The molecular formula is C15H24N. The first-order chi connectivity index (χ1) is 7.93. The van der Waals surface area contributed by atoms with Crippen molar-refractivity contribution in [3.8, 4) is 0 Å². The third kappa shape index (κ3) is 6.49. The third-order valence-electron chi connectivity index (χ3n) is 2.80. The fourth-order valence-electron chi connectivity index (χ4n) is 1.81. The number of hydrogen-bond donors (Lipinski definition) is 1. The number of hydrogen-bond acceptors (Lipinski definition) is 1. The first-order valence-corrected chi connectivity index (χ1v) is 6.64. The average molecular weight is 218 g/mol. The van der Waals surface area contributed by atoms with Gasteiger partial charge in [0.2, 0.25) is 0 Å². The molecule has 0 aliphatic heterocycles. The minimum atomic E-state index is 1.08. The first-order valence-electron chi connectivity index (χ1n) is 6.64. The Morgan fingerprint density at radius 3 is 2.44 bits per heavy atom. The van der Waals surface area contributed by atoms with E-state index in [0.717, 1.165) is 12.2 Å². The summed E-state index contributed by atoms with van der Waals surface area (Å²) in [7, 11) is 0. The fourth-order valence-corrected chi connectivity index (χ4v) is 1.81. The van der Waals surface area contributed by atoms with E-state index in [-0.39, 0.29) is 0 Å². The van der Waals surface area contributed by atoms with Gasteiger partial charge in [-0.1, -0.05) is 63.6 Å². The number of nitrogens with one attached hydrogen (secondary N) is 1. The zero-order valence-corrected chi connectivity index (χ0v) is 10.5. The molecule has 0 fully saturated rings. The van der Waals surface area contributed by atoms with E-state index in [2.05, 4.69) is 24.4 Å². The monoisotopic (exact) mass is 218 g/mol. The lowest BCUT2D eigenvalue weighted by atomic mass is 10.1. The second-order valence-electron chi connectivity index (χ2n) is 4.32. The molecule has 16 heavy (non-hydrogen) atoms. The van der Waals surface area contributed by atoms with Gasteiger partial charge in [0.05, 0.1) is 0 Å². The highest BCUT2D eigenvalue weighted by Crippen LogP contribution is 2.08. The largest absolute Gasteiger partial charge is 0.385 e. The standard InChI is InChI=1S/C15H24N/c1-2-3-4-5-6-7-11-14-16-15-12-9-8-10-13-15/h8-10,12,16H,2-7,11,14H2,1H3. The Labute approximate surface area is 100 Å². The molecule has 0 bridgehead atoms. The summed E-state index contributed by atoms with van der Waals surface area (Å²) in [6.45, 7) is 3.34. The van der Waals surface area contributed by atoms with E-state index in [1.54, 1.807) is 0 Å². The van der Waals surface area contributed by atoms with Gasteiger partial charge in [0.25, 0.3) is 0 Å². The molecule has 1 aromatic carbocycles. The van der Waals surface area contributed by atoms with Gasteiger partial charge in [0.15, 0.2) is 0 Å². The van der Waals surface area contributed by atoms with Crippen molar-refractivity contribution in [3.63, 3.8) is 0 Å². The summed E-state index contributed by atoms with van der Waals surface area (Å²) in [5.74, 6) is 0. The summed E-state index contributed by atoms with van der Waals surface area (Å²) >= 11 is 0. The Bertz CT molecular complexity index is 243. The van der Waals surface area contributed by atoms with Gasteiger partial charge in [-0.2, -0.15) is 0 Å². The molecule has 0 aliphatic carbocycles. The molecule has 0 saturated heterocycles.